The molecule has 0 unspecified atom stereocenters. The van der Waals surface area contributed by atoms with Crippen LogP contribution in [0.5, 0.6) is 0 Å². The van der Waals surface area contributed by atoms with Crippen molar-refractivity contribution in [1.82, 2.24) is 44.9 Å². The molecule has 2 aliphatic carbocycles. The van der Waals surface area contributed by atoms with Gasteiger partial charge in [0.25, 0.3) is 0 Å². The Morgan fingerprint density at radius 3 is 0.740 bits per heavy atom. The zero-order valence-electron chi connectivity index (χ0n) is 87.7. The number of benzene rings is 17. The summed E-state index contributed by atoms with van der Waals surface area (Å²) in [4.78, 5) is 45.6. The van der Waals surface area contributed by atoms with Crippen molar-refractivity contribution in [2.24, 2.45) is 0 Å². The normalized spacial score (nSPS) is 12.4. The fourth-order valence-corrected chi connectivity index (χ4v) is 23.8. The van der Waals surface area contributed by atoms with Crippen molar-refractivity contribution in [3.63, 3.8) is 0 Å². The largest absolute Gasteiger partial charge is 0.265 e. The van der Waals surface area contributed by atoms with Crippen LogP contribution in [0, 0.1) is 83.1 Å². The van der Waals surface area contributed by atoms with Crippen LogP contribution in [0.3, 0.4) is 0 Å². The van der Waals surface area contributed by atoms with Gasteiger partial charge < -0.3 is 0 Å². The topological polar surface area (TPSA) is 116 Å². The Labute approximate surface area is 879 Å². The van der Waals surface area contributed by atoms with E-state index < -0.39 is 0 Å². The van der Waals surface area contributed by atoms with E-state index in [1.54, 1.807) is 6.20 Å². The van der Waals surface area contributed by atoms with Gasteiger partial charge in [-0.15, -0.1) is 0 Å². The van der Waals surface area contributed by atoms with Crippen LogP contribution in [0.4, 0.5) is 0 Å². The van der Waals surface area contributed by atoms with Gasteiger partial charge in [0, 0.05) is 80.8 Å². The van der Waals surface area contributed by atoms with Crippen molar-refractivity contribution in [1.29, 1.82) is 0 Å². The number of fused-ring (bicyclic) bond motifs is 9. The van der Waals surface area contributed by atoms with Crippen LogP contribution in [0.25, 0.3) is 223 Å². The molecule has 0 amide bonds. The molecule has 150 heavy (non-hydrogen) atoms. The predicted molar refractivity (Wildman–Crippen MR) is 626 cm³/mol. The quantitative estimate of drug-likeness (QED) is 0.0989. The molecule has 0 aliphatic heterocycles. The van der Waals surface area contributed by atoms with Crippen molar-refractivity contribution >= 4 is 33.1 Å². The molecule has 0 saturated heterocycles. The molecule has 25 rings (SSSR count). The van der Waals surface area contributed by atoms with Crippen LogP contribution in [0.15, 0.2) is 407 Å². The van der Waals surface area contributed by atoms with Gasteiger partial charge in [0.15, 0.2) is 0 Å². The van der Waals surface area contributed by atoms with Gasteiger partial charge in [0.05, 0.1) is 73.0 Å². The van der Waals surface area contributed by atoms with Gasteiger partial charge in [-0.1, -0.05) is 347 Å². The third kappa shape index (κ3) is 17.9. The van der Waals surface area contributed by atoms with Gasteiger partial charge in [0.2, 0.25) is 0 Å². The molecule has 0 atom stereocenters. The molecule has 0 spiro atoms. The van der Waals surface area contributed by atoms with E-state index in [1.165, 1.54) is 167 Å². The minimum atomic E-state index is -0.124. The zero-order valence-corrected chi connectivity index (χ0v) is 87.7. The summed E-state index contributed by atoms with van der Waals surface area (Å²) in [6.07, 6.45) is 9.19. The third-order valence-electron chi connectivity index (χ3n) is 30.6. The summed E-state index contributed by atoms with van der Waals surface area (Å²) in [5.74, 6) is 0. The number of aromatic nitrogens is 9. The van der Waals surface area contributed by atoms with E-state index in [1.807, 2.05) is 79.4 Å². The van der Waals surface area contributed by atoms with Crippen LogP contribution in [0.2, 0.25) is 0 Å². The van der Waals surface area contributed by atoms with Gasteiger partial charge in [-0.25, -0.2) is 29.9 Å². The average Bonchev–Trinajstić information content (AvgIpc) is 1.49. The Hall–Kier alpha value is -17.8. The van der Waals surface area contributed by atoms with E-state index in [2.05, 4.69) is 447 Å². The van der Waals surface area contributed by atoms with Crippen LogP contribution < -0.4 is 0 Å². The van der Waals surface area contributed by atoms with E-state index in [9.17, 15) is 0 Å². The summed E-state index contributed by atoms with van der Waals surface area (Å²) in [6.45, 7) is 35.8. The summed E-state index contributed by atoms with van der Waals surface area (Å²) in [6, 6.07) is 135. The highest BCUT2D eigenvalue weighted by Crippen LogP contribution is 2.55. The van der Waals surface area contributed by atoms with Crippen molar-refractivity contribution in [3.8, 4) is 190 Å². The van der Waals surface area contributed by atoms with Gasteiger partial charge in [-0.2, -0.15) is 0 Å². The Morgan fingerprint density at radius 2 is 0.427 bits per heavy atom. The predicted octanol–water partition coefficient (Wildman–Crippen LogP) is 36.4. The van der Waals surface area contributed by atoms with Gasteiger partial charge in [0.1, 0.15) is 0 Å². The minimum absolute atomic E-state index is 0.121. The third-order valence-corrected chi connectivity index (χ3v) is 30.6. The molecular weight excluding hydrogens is 1820 g/mol. The fourth-order valence-electron chi connectivity index (χ4n) is 23.8. The zero-order chi connectivity index (χ0) is 103. The Bertz CT molecular complexity index is 8820. The lowest BCUT2D eigenvalue weighted by Crippen LogP contribution is -2.15. The second kappa shape index (κ2) is 39.2. The number of aryl methyl sites for hydroxylation is 12. The number of nitrogens with zero attached hydrogens (tertiary/aromatic N) is 9. The van der Waals surface area contributed by atoms with Crippen LogP contribution in [0.1, 0.15) is 117 Å². The Morgan fingerprint density at radius 1 is 0.167 bits per heavy atom. The fraction of sp³-hybridized carbons (Fsp3) is 0.128. The number of rotatable bonds is 15. The van der Waals surface area contributed by atoms with E-state index in [-0.39, 0.29) is 10.8 Å². The van der Waals surface area contributed by atoms with Gasteiger partial charge in [-0.3, -0.25) is 15.0 Å². The second-order valence-corrected chi connectivity index (χ2v) is 41.9. The molecule has 0 bridgehead atoms. The van der Waals surface area contributed by atoms with Crippen LogP contribution in [-0.2, 0) is 10.8 Å². The van der Waals surface area contributed by atoms with Crippen LogP contribution in [-0.4, -0.2) is 44.9 Å². The second-order valence-electron chi connectivity index (χ2n) is 41.9. The SMILES string of the molecule is CC1(C)c2ccccc2-c2ccc(-c3cc4nc(-c5ccccc5)c(-c5ccc(-c6ccccn6)cc5)nc4cc3-c3ccc4c(c3)C(C)(C)c3ccccc3-4)cc21.Cc1cc(C)c(-c2cc3nc(-c4ccccc4)c(-c4ccc(-c5cccnc5)cc4)nc3cc2-c2c(C)cc(C)cc2C)c(C)c1.Cc1cc(C)c(-c2cc3nc(-c4ccccc4)c(-c4ccc(-c5ccncc5)cc4)nc3cc2-c2c(C)cc(C)cc2C)c(C)c1. The summed E-state index contributed by atoms with van der Waals surface area (Å²) in [7, 11) is 0. The molecule has 6 aromatic heterocycles. The number of hydrogen-bond donors (Lipinski definition) is 0. The first kappa shape index (κ1) is 95.7. The van der Waals surface area contributed by atoms with Crippen molar-refractivity contribution in [3.05, 3.63) is 496 Å². The summed E-state index contributed by atoms with van der Waals surface area (Å²) < 4.78 is 0. The molecule has 0 saturated carbocycles. The molecule has 23 aromatic rings. The standard InChI is InChI=1S/C55H41N3.2C43H37N3/c1-54(2)45-18-10-8-16-39(45)41-27-25-37(30-47(41)54)43-32-50-51(33-44(43)38-26-28-42-40-17-9-11-19-46(40)55(3,4)48(42)31-38)58-53(52(57-50)35-14-6-5-7-15-35)36-23-21-34(22-24-36)49-20-12-13-29-56-49;1-26-19-28(3)40(29(4)20-26)36-23-38-39(24-37(36)41-30(5)21-27(2)22-31(41)6)46-43(42(45-38)33-11-8-7-9-12-33)34-16-14-32(15-17-34)35-13-10-18-44-25-35;1-26-20-28(3)40(29(4)21-26)36-24-38-39(25-37(36)41-30(5)22-27(2)23-31(41)6)46-43(42(45-38)34-10-8-7-9-11-34)35-14-12-32(13-15-35)33-16-18-44-19-17-33/h5-33H,1-4H3;2*7-25H,1-6H3. The minimum Gasteiger partial charge on any atom is -0.265 e. The van der Waals surface area contributed by atoms with Crippen molar-refractivity contribution < 1.29 is 0 Å². The maximum absolute atomic E-state index is 5.51. The molecule has 6 heterocycles. The van der Waals surface area contributed by atoms with E-state index in [0.29, 0.717) is 0 Å². The van der Waals surface area contributed by atoms with Gasteiger partial charge >= 0.3 is 0 Å². The van der Waals surface area contributed by atoms with Crippen LogP contribution >= 0.6 is 0 Å². The lowest BCUT2D eigenvalue weighted by molar-refractivity contribution is 0.660. The molecule has 17 aromatic carbocycles. The summed E-state index contributed by atoms with van der Waals surface area (Å²) in [5.41, 5.74) is 63.3. The highest BCUT2D eigenvalue weighted by Gasteiger charge is 2.38. The lowest BCUT2D eigenvalue weighted by Gasteiger charge is -2.23. The first-order chi connectivity index (χ1) is 72.8. The molecule has 724 valence electrons. The summed E-state index contributed by atoms with van der Waals surface area (Å²) in [5, 5.41) is 0. The number of pyridine rings is 3. The first-order valence-electron chi connectivity index (χ1n) is 51.9. The maximum Gasteiger partial charge on any atom is 0.0973 e. The number of hydrogen-bond acceptors (Lipinski definition) is 9. The smallest absolute Gasteiger partial charge is 0.0973 e. The van der Waals surface area contributed by atoms with E-state index >= 15 is 0 Å². The maximum atomic E-state index is 5.51. The highest BCUT2D eigenvalue weighted by atomic mass is 14.9. The Balaban J connectivity index is 0.000000125. The van der Waals surface area contributed by atoms with E-state index in [0.717, 1.165) is 145 Å². The molecule has 2 aliphatic rings. The molecule has 9 heteroatoms. The molecule has 0 fully saturated rings. The summed E-state index contributed by atoms with van der Waals surface area (Å²) >= 11 is 0. The average molecular weight is 1940 g/mol. The monoisotopic (exact) mass is 1930 g/mol. The van der Waals surface area contributed by atoms with Gasteiger partial charge in [-0.05, 0) is 340 Å². The Kier molecular flexibility index (Phi) is 25.0. The highest BCUT2D eigenvalue weighted by molar-refractivity contribution is 6.03. The molecule has 0 N–H and O–H groups in total. The molecule has 9 nitrogen and oxygen atoms in total. The molecule has 0 radical (unpaired) electrons. The first-order valence-corrected chi connectivity index (χ1v) is 51.9. The molecular formula is C141H115N9. The lowest BCUT2D eigenvalue weighted by atomic mass is 9.80. The van der Waals surface area contributed by atoms with Crippen molar-refractivity contribution in [2.45, 2.75) is 122 Å². The van der Waals surface area contributed by atoms with E-state index in [4.69, 9.17) is 29.9 Å². The van der Waals surface area contributed by atoms with Crippen molar-refractivity contribution in [2.75, 3.05) is 0 Å².